The highest BCUT2D eigenvalue weighted by atomic mass is 16.6. The highest BCUT2D eigenvalue weighted by Gasteiger charge is 2.16. The zero-order chi connectivity index (χ0) is 15.2. The zero-order valence-electron chi connectivity index (χ0n) is 12.3. The molecular formula is C15H20O5. The first-order valence-corrected chi connectivity index (χ1v) is 6.43. The smallest absolute Gasteiger partial charge is 0.344 e. The molecule has 0 aliphatic heterocycles. The van der Waals surface area contributed by atoms with E-state index in [1.54, 1.807) is 52.0 Å². The number of esters is 2. The van der Waals surface area contributed by atoms with E-state index in [0.29, 0.717) is 17.9 Å². The molecule has 0 heterocycles. The minimum Gasteiger partial charge on any atom is -0.482 e. The van der Waals surface area contributed by atoms with Crippen LogP contribution in [0.4, 0.5) is 0 Å². The van der Waals surface area contributed by atoms with Crippen LogP contribution in [0.3, 0.4) is 0 Å². The van der Waals surface area contributed by atoms with Gasteiger partial charge in [0.25, 0.3) is 0 Å². The summed E-state index contributed by atoms with van der Waals surface area (Å²) in [6.45, 7) is 7.28. The Morgan fingerprint density at radius 2 is 1.70 bits per heavy atom. The van der Waals surface area contributed by atoms with E-state index < -0.39 is 11.6 Å². The maximum Gasteiger partial charge on any atom is 0.344 e. The summed E-state index contributed by atoms with van der Waals surface area (Å²) < 4.78 is 15.3. The average molecular weight is 280 g/mol. The molecule has 110 valence electrons. The van der Waals surface area contributed by atoms with Crippen molar-refractivity contribution in [3.05, 3.63) is 29.8 Å². The normalized spacial score (nSPS) is 10.8. The largest absolute Gasteiger partial charge is 0.482 e. The Labute approximate surface area is 118 Å². The number of benzene rings is 1. The van der Waals surface area contributed by atoms with Gasteiger partial charge in [0.15, 0.2) is 6.61 Å². The summed E-state index contributed by atoms with van der Waals surface area (Å²) in [7, 11) is 0. The standard InChI is InChI=1S/C15H20O5/c1-5-18-14(17)11-6-8-12(9-7-11)19-10-13(16)20-15(2,3)4/h6-9H,5,10H2,1-4H3. The fourth-order valence-electron chi connectivity index (χ4n) is 1.41. The molecule has 0 bridgehead atoms. The maximum absolute atomic E-state index is 11.5. The predicted octanol–water partition coefficient (Wildman–Crippen LogP) is 2.58. The van der Waals surface area contributed by atoms with Crippen LogP contribution in [0.25, 0.3) is 0 Å². The zero-order valence-corrected chi connectivity index (χ0v) is 12.3. The van der Waals surface area contributed by atoms with Gasteiger partial charge in [0.2, 0.25) is 0 Å². The van der Waals surface area contributed by atoms with Gasteiger partial charge in [-0.2, -0.15) is 0 Å². The minimum absolute atomic E-state index is 0.171. The van der Waals surface area contributed by atoms with Crippen molar-refractivity contribution < 1.29 is 23.8 Å². The summed E-state index contributed by atoms with van der Waals surface area (Å²) in [5, 5.41) is 0. The number of hydrogen-bond acceptors (Lipinski definition) is 5. The second-order valence-corrected chi connectivity index (χ2v) is 5.12. The van der Waals surface area contributed by atoms with Crippen LogP contribution in [0, 0.1) is 0 Å². The predicted molar refractivity (Wildman–Crippen MR) is 73.7 cm³/mol. The third-order valence-electron chi connectivity index (χ3n) is 2.14. The fraction of sp³-hybridized carbons (Fsp3) is 0.467. The van der Waals surface area contributed by atoms with Gasteiger partial charge >= 0.3 is 11.9 Å². The number of ether oxygens (including phenoxy) is 3. The average Bonchev–Trinajstić information content (AvgIpc) is 2.35. The van der Waals surface area contributed by atoms with Crippen molar-refractivity contribution in [3.8, 4) is 5.75 Å². The Bertz CT molecular complexity index is 456. The number of carbonyl (C=O) groups excluding carboxylic acids is 2. The van der Waals surface area contributed by atoms with Crippen LogP contribution >= 0.6 is 0 Å². The first kappa shape index (κ1) is 16.0. The molecule has 0 aromatic heterocycles. The molecule has 5 nitrogen and oxygen atoms in total. The topological polar surface area (TPSA) is 61.8 Å². The Morgan fingerprint density at radius 1 is 1.10 bits per heavy atom. The van der Waals surface area contributed by atoms with Gasteiger partial charge in [0, 0.05) is 0 Å². The van der Waals surface area contributed by atoms with Gasteiger partial charge in [-0.15, -0.1) is 0 Å². The molecule has 1 rings (SSSR count). The molecule has 5 heteroatoms. The summed E-state index contributed by atoms with van der Waals surface area (Å²) in [6.07, 6.45) is 0. The molecule has 0 N–H and O–H groups in total. The van der Waals surface area contributed by atoms with Gasteiger partial charge in [-0.05, 0) is 52.0 Å². The summed E-state index contributed by atoms with van der Waals surface area (Å²) in [5.74, 6) is -0.331. The Balaban J connectivity index is 2.50. The molecule has 0 amide bonds. The fourth-order valence-corrected chi connectivity index (χ4v) is 1.41. The van der Waals surface area contributed by atoms with Crippen LogP contribution in [0.15, 0.2) is 24.3 Å². The highest BCUT2D eigenvalue weighted by Crippen LogP contribution is 2.14. The lowest BCUT2D eigenvalue weighted by atomic mass is 10.2. The van der Waals surface area contributed by atoms with Crippen molar-refractivity contribution in [2.24, 2.45) is 0 Å². The van der Waals surface area contributed by atoms with E-state index >= 15 is 0 Å². The van der Waals surface area contributed by atoms with Crippen LogP contribution in [-0.2, 0) is 14.3 Å². The van der Waals surface area contributed by atoms with Crippen LogP contribution in [0.1, 0.15) is 38.1 Å². The molecule has 0 radical (unpaired) electrons. The molecule has 0 spiro atoms. The molecule has 0 aliphatic rings. The first-order valence-electron chi connectivity index (χ1n) is 6.43. The van der Waals surface area contributed by atoms with E-state index in [2.05, 4.69) is 0 Å². The van der Waals surface area contributed by atoms with Crippen molar-refractivity contribution in [1.82, 2.24) is 0 Å². The Morgan fingerprint density at radius 3 is 2.20 bits per heavy atom. The van der Waals surface area contributed by atoms with Crippen LogP contribution in [0.2, 0.25) is 0 Å². The molecule has 1 aromatic carbocycles. The maximum atomic E-state index is 11.5. The molecule has 20 heavy (non-hydrogen) atoms. The Hall–Kier alpha value is -2.04. The first-order chi connectivity index (χ1) is 9.31. The van der Waals surface area contributed by atoms with Crippen LogP contribution < -0.4 is 4.74 Å². The highest BCUT2D eigenvalue weighted by molar-refractivity contribution is 5.89. The minimum atomic E-state index is -0.534. The van der Waals surface area contributed by atoms with Crippen molar-refractivity contribution in [1.29, 1.82) is 0 Å². The number of carbonyl (C=O) groups is 2. The van der Waals surface area contributed by atoms with Gasteiger partial charge in [-0.25, -0.2) is 9.59 Å². The van der Waals surface area contributed by atoms with E-state index in [9.17, 15) is 9.59 Å². The molecule has 0 saturated carbocycles. The third-order valence-corrected chi connectivity index (χ3v) is 2.14. The quantitative estimate of drug-likeness (QED) is 0.776. The van der Waals surface area contributed by atoms with Crippen LogP contribution in [-0.4, -0.2) is 30.8 Å². The van der Waals surface area contributed by atoms with Gasteiger partial charge in [0.05, 0.1) is 12.2 Å². The molecule has 1 aromatic rings. The van der Waals surface area contributed by atoms with Gasteiger partial charge in [-0.3, -0.25) is 0 Å². The van der Waals surface area contributed by atoms with E-state index in [0.717, 1.165) is 0 Å². The molecule has 0 fully saturated rings. The van der Waals surface area contributed by atoms with Gasteiger partial charge in [-0.1, -0.05) is 0 Å². The Kier molecular flexibility index (Phi) is 5.55. The van der Waals surface area contributed by atoms with E-state index in [1.807, 2.05) is 0 Å². The third kappa shape index (κ3) is 5.73. The number of rotatable bonds is 5. The summed E-state index contributed by atoms with van der Waals surface area (Å²) in [6, 6.07) is 6.39. The lowest BCUT2D eigenvalue weighted by molar-refractivity contribution is -0.157. The van der Waals surface area contributed by atoms with E-state index in [4.69, 9.17) is 14.2 Å². The lowest BCUT2D eigenvalue weighted by Crippen LogP contribution is -2.27. The van der Waals surface area contributed by atoms with Crippen molar-refractivity contribution >= 4 is 11.9 Å². The molecule has 0 unspecified atom stereocenters. The summed E-state index contributed by atoms with van der Waals surface area (Å²) in [5.41, 5.74) is -0.0923. The molecule has 0 atom stereocenters. The van der Waals surface area contributed by atoms with Crippen molar-refractivity contribution in [2.45, 2.75) is 33.3 Å². The number of hydrogen-bond donors (Lipinski definition) is 0. The summed E-state index contributed by atoms with van der Waals surface area (Å²) in [4.78, 5) is 22.9. The second-order valence-electron chi connectivity index (χ2n) is 5.12. The monoisotopic (exact) mass is 280 g/mol. The van der Waals surface area contributed by atoms with Crippen molar-refractivity contribution in [3.63, 3.8) is 0 Å². The van der Waals surface area contributed by atoms with Crippen molar-refractivity contribution in [2.75, 3.05) is 13.2 Å². The van der Waals surface area contributed by atoms with Crippen LogP contribution in [0.5, 0.6) is 5.75 Å². The summed E-state index contributed by atoms with van der Waals surface area (Å²) >= 11 is 0. The lowest BCUT2D eigenvalue weighted by Gasteiger charge is -2.19. The van der Waals surface area contributed by atoms with Gasteiger partial charge in [0.1, 0.15) is 11.4 Å². The van der Waals surface area contributed by atoms with E-state index in [-0.39, 0.29) is 12.6 Å². The molecule has 0 aliphatic carbocycles. The van der Waals surface area contributed by atoms with E-state index in [1.165, 1.54) is 0 Å². The molecular weight excluding hydrogens is 260 g/mol. The van der Waals surface area contributed by atoms with Gasteiger partial charge < -0.3 is 14.2 Å². The SMILES string of the molecule is CCOC(=O)c1ccc(OCC(=O)OC(C)(C)C)cc1. The second kappa shape index (κ2) is 6.93. The molecule has 0 saturated heterocycles.